The molecule has 0 spiro atoms. The van der Waals surface area contributed by atoms with Gasteiger partial charge in [0.1, 0.15) is 11.5 Å². The van der Waals surface area contributed by atoms with Crippen molar-refractivity contribution in [2.24, 2.45) is 35.5 Å². The summed E-state index contributed by atoms with van der Waals surface area (Å²) in [5.74, 6) is 7.87. The van der Waals surface area contributed by atoms with Crippen LogP contribution in [0.2, 0.25) is 0 Å². The molecule has 0 N–H and O–H groups in total. The third kappa shape index (κ3) is 2.99. The maximum Gasteiger partial charge on any atom is 0.119 e. The molecule has 2 nitrogen and oxygen atoms in total. The van der Waals surface area contributed by atoms with E-state index >= 15 is 0 Å². The molecule has 2 aromatic carbocycles. The van der Waals surface area contributed by atoms with E-state index in [1.165, 1.54) is 38.5 Å². The molecular weight excluding hydrogens is 416 g/mol. The third-order valence-electron chi connectivity index (χ3n) is 10.9. The van der Waals surface area contributed by atoms with E-state index in [0.29, 0.717) is 10.8 Å². The first-order valence-corrected chi connectivity index (χ1v) is 14.1. The van der Waals surface area contributed by atoms with Crippen LogP contribution in [0.15, 0.2) is 48.5 Å². The van der Waals surface area contributed by atoms with Crippen molar-refractivity contribution in [1.82, 2.24) is 0 Å². The molecule has 0 radical (unpaired) electrons. The standard InChI is InChI=1S/C32H40O2/c1-3-13-33-23-9-5-21(6-10-23)31-15-25-28-18-32(22-7-11-24(12-8-22)34-14-4-2)19-29(25)27(17-31)30(20-32)26(28)16-31/h5-12,25-30H,3-4,13-20H2,1-2H3/t25-,26-,27?,28?,29?,30?,31?,32?/m0/s1. The number of benzene rings is 2. The summed E-state index contributed by atoms with van der Waals surface area (Å²) >= 11 is 0. The molecule has 0 atom stereocenters. The molecule has 0 aliphatic heterocycles. The summed E-state index contributed by atoms with van der Waals surface area (Å²) in [7, 11) is 0. The average Bonchev–Trinajstić information content (AvgIpc) is 2.89. The van der Waals surface area contributed by atoms with Crippen LogP contribution in [0.4, 0.5) is 0 Å². The molecule has 0 amide bonds. The van der Waals surface area contributed by atoms with Crippen molar-refractivity contribution < 1.29 is 9.47 Å². The average molecular weight is 457 g/mol. The SMILES string of the molecule is CCCOc1ccc(C23CC4C5CC6(c7ccc(OCCC)cc7)C[C@H]4C(C2)[C@H](C6)C5C3)cc1. The summed E-state index contributed by atoms with van der Waals surface area (Å²) in [6, 6.07) is 18.6. The Hall–Kier alpha value is -1.96. The molecule has 9 rings (SSSR count). The Balaban J connectivity index is 1.14. The highest BCUT2D eigenvalue weighted by atomic mass is 16.5. The lowest BCUT2D eigenvalue weighted by Crippen LogP contribution is -2.69. The van der Waals surface area contributed by atoms with Gasteiger partial charge in [0.2, 0.25) is 0 Å². The molecule has 0 aromatic heterocycles. The van der Waals surface area contributed by atoms with E-state index in [4.69, 9.17) is 9.47 Å². The van der Waals surface area contributed by atoms with Crippen LogP contribution in [0.5, 0.6) is 11.5 Å². The van der Waals surface area contributed by atoms with E-state index in [1.54, 1.807) is 11.1 Å². The Morgan fingerprint density at radius 1 is 0.529 bits per heavy atom. The van der Waals surface area contributed by atoms with Crippen LogP contribution in [0, 0.1) is 35.5 Å². The van der Waals surface area contributed by atoms with Gasteiger partial charge in [-0.2, -0.15) is 0 Å². The second kappa shape index (κ2) is 7.77. The van der Waals surface area contributed by atoms with Crippen LogP contribution in [0.3, 0.4) is 0 Å². The van der Waals surface area contributed by atoms with Crippen molar-refractivity contribution in [1.29, 1.82) is 0 Å². The minimum Gasteiger partial charge on any atom is -0.494 e. The summed E-state index contributed by atoms with van der Waals surface area (Å²) in [4.78, 5) is 0. The van der Waals surface area contributed by atoms with E-state index in [1.807, 2.05) is 0 Å². The second-order valence-corrected chi connectivity index (χ2v) is 12.5. The number of ether oxygens (including phenoxy) is 2. The van der Waals surface area contributed by atoms with Crippen LogP contribution >= 0.6 is 0 Å². The van der Waals surface area contributed by atoms with Crippen LogP contribution in [0.1, 0.15) is 76.3 Å². The molecule has 0 heterocycles. The minimum absolute atomic E-state index is 0.447. The fraction of sp³-hybridized carbons (Fsp3) is 0.625. The van der Waals surface area contributed by atoms with Gasteiger partial charge >= 0.3 is 0 Å². The minimum atomic E-state index is 0.447. The first-order valence-electron chi connectivity index (χ1n) is 14.1. The van der Waals surface area contributed by atoms with Gasteiger partial charge in [-0.15, -0.1) is 0 Å². The van der Waals surface area contributed by atoms with Gasteiger partial charge < -0.3 is 9.47 Å². The Bertz CT molecular complexity index is 887. The first kappa shape index (κ1) is 21.3. The van der Waals surface area contributed by atoms with Crippen LogP contribution in [0.25, 0.3) is 0 Å². The van der Waals surface area contributed by atoms with Gasteiger partial charge in [0.15, 0.2) is 0 Å². The summed E-state index contributed by atoms with van der Waals surface area (Å²) in [5.41, 5.74) is 4.12. The lowest BCUT2D eigenvalue weighted by Gasteiger charge is -2.75. The molecule has 7 fully saturated rings. The highest BCUT2D eigenvalue weighted by Gasteiger charge is 2.70. The van der Waals surface area contributed by atoms with Crippen LogP contribution in [-0.4, -0.2) is 13.2 Å². The lowest BCUT2D eigenvalue weighted by molar-refractivity contribution is -0.221. The summed E-state index contributed by atoms with van der Waals surface area (Å²) in [6.07, 6.45) is 10.8. The lowest BCUT2D eigenvalue weighted by atomic mass is 9.29. The number of rotatable bonds is 8. The normalized spacial score (nSPS) is 40.6. The second-order valence-electron chi connectivity index (χ2n) is 12.5. The van der Waals surface area contributed by atoms with Crippen LogP contribution in [-0.2, 0) is 10.8 Å². The fourth-order valence-electron chi connectivity index (χ4n) is 9.89. The highest BCUT2D eigenvalue weighted by Crippen LogP contribution is 2.77. The molecule has 0 saturated heterocycles. The maximum atomic E-state index is 5.89. The Morgan fingerprint density at radius 3 is 1.09 bits per heavy atom. The molecule has 7 aliphatic carbocycles. The molecule has 7 aliphatic rings. The van der Waals surface area contributed by atoms with E-state index in [9.17, 15) is 0 Å². The molecule has 2 heteroatoms. The molecule has 34 heavy (non-hydrogen) atoms. The van der Waals surface area contributed by atoms with Gasteiger partial charge in [0.25, 0.3) is 0 Å². The number of hydrogen-bond acceptors (Lipinski definition) is 2. The van der Waals surface area contributed by atoms with Gasteiger partial charge in [-0.1, -0.05) is 38.1 Å². The smallest absolute Gasteiger partial charge is 0.119 e. The molecule has 7 saturated carbocycles. The Kier molecular flexibility index (Phi) is 4.88. The van der Waals surface area contributed by atoms with Crippen molar-refractivity contribution >= 4 is 0 Å². The molecule has 0 unspecified atom stereocenters. The summed E-state index contributed by atoms with van der Waals surface area (Å²) in [5, 5.41) is 0. The van der Waals surface area contributed by atoms with Gasteiger partial charge in [-0.05, 0) is 133 Å². The number of hydrogen-bond donors (Lipinski definition) is 0. The van der Waals surface area contributed by atoms with E-state index in [-0.39, 0.29) is 0 Å². The highest BCUT2D eigenvalue weighted by molar-refractivity contribution is 5.40. The molecule has 180 valence electrons. The zero-order chi connectivity index (χ0) is 22.9. The van der Waals surface area contributed by atoms with Crippen molar-refractivity contribution in [3.63, 3.8) is 0 Å². The van der Waals surface area contributed by atoms with Gasteiger partial charge in [0.05, 0.1) is 13.2 Å². The third-order valence-corrected chi connectivity index (χ3v) is 10.9. The van der Waals surface area contributed by atoms with Crippen molar-refractivity contribution in [3.8, 4) is 11.5 Å². The first-order chi connectivity index (χ1) is 16.6. The van der Waals surface area contributed by atoms with Crippen molar-refractivity contribution in [3.05, 3.63) is 59.7 Å². The van der Waals surface area contributed by atoms with Crippen molar-refractivity contribution in [2.45, 2.75) is 76.0 Å². The Labute approximate surface area is 205 Å². The molecule has 8 bridgehead atoms. The summed E-state index contributed by atoms with van der Waals surface area (Å²) in [6.45, 7) is 5.98. The molecule has 2 aromatic rings. The largest absolute Gasteiger partial charge is 0.494 e. The topological polar surface area (TPSA) is 18.5 Å². The molecular formula is C32H40O2. The van der Waals surface area contributed by atoms with E-state index < -0.39 is 0 Å². The quantitative estimate of drug-likeness (QED) is 0.408. The van der Waals surface area contributed by atoms with E-state index in [2.05, 4.69) is 62.4 Å². The zero-order valence-corrected chi connectivity index (χ0v) is 21.0. The monoisotopic (exact) mass is 456 g/mol. The van der Waals surface area contributed by atoms with Crippen molar-refractivity contribution in [2.75, 3.05) is 13.2 Å². The van der Waals surface area contributed by atoms with Crippen LogP contribution < -0.4 is 9.47 Å². The Morgan fingerprint density at radius 2 is 0.824 bits per heavy atom. The summed E-state index contributed by atoms with van der Waals surface area (Å²) < 4.78 is 11.8. The maximum absolute atomic E-state index is 5.89. The predicted molar refractivity (Wildman–Crippen MR) is 136 cm³/mol. The van der Waals surface area contributed by atoms with E-state index in [0.717, 1.165) is 73.1 Å². The van der Waals surface area contributed by atoms with Gasteiger partial charge in [0, 0.05) is 0 Å². The fourth-order valence-corrected chi connectivity index (χ4v) is 9.89. The predicted octanol–water partition coefficient (Wildman–Crippen LogP) is 7.55. The van der Waals surface area contributed by atoms with Gasteiger partial charge in [-0.3, -0.25) is 0 Å². The zero-order valence-electron chi connectivity index (χ0n) is 21.0. The van der Waals surface area contributed by atoms with Gasteiger partial charge in [-0.25, -0.2) is 0 Å².